The third-order valence-corrected chi connectivity index (χ3v) is 3.98. The topological polar surface area (TPSA) is 0 Å². The van der Waals surface area contributed by atoms with E-state index < -0.39 is 0 Å². The molecular formula is C17H22. The van der Waals surface area contributed by atoms with Gasteiger partial charge in [0.05, 0.1) is 0 Å². The third kappa shape index (κ3) is 1.76. The molecule has 0 aliphatic heterocycles. The van der Waals surface area contributed by atoms with Gasteiger partial charge in [-0.25, -0.2) is 0 Å². The molecule has 0 saturated heterocycles. The van der Waals surface area contributed by atoms with E-state index in [4.69, 9.17) is 0 Å². The molecule has 2 aliphatic rings. The fraction of sp³-hybridized carbons (Fsp3) is 0.412. The van der Waals surface area contributed by atoms with Crippen LogP contribution in [0, 0.1) is 5.92 Å². The van der Waals surface area contributed by atoms with Crippen LogP contribution in [0.15, 0.2) is 48.6 Å². The van der Waals surface area contributed by atoms with Crippen LogP contribution in [0.3, 0.4) is 0 Å². The van der Waals surface area contributed by atoms with E-state index in [1.54, 1.807) is 0 Å². The molecule has 0 heterocycles. The lowest BCUT2D eigenvalue weighted by molar-refractivity contribution is 0.394. The summed E-state index contributed by atoms with van der Waals surface area (Å²) in [6.45, 7) is 8.72. The Kier molecular flexibility index (Phi) is 3.24. The van der Waals surface area contributed by atoms with Gasteiger partial charge in [0.15, 0.2) is 0 Å². The Morgan fingerprint density at radius 2 is 1.59 bits per heavy atom. The highest BCUT2D eigenvalue weighted by Gasteiger charge is 2.43. The predicted molar refractivity (Wildman–Crippen MR) is 75.3 cm³/mol. The van der Waals surface area contributed by atoms with Gasteiger partial charge in [0, 0.05) is 5.92 Å². The van der Waals surface area contributed by atoms with Crippen molar-refractivity contribution in [2.24, 2.45) is 5.92 Å². The summed E-state index contributed by atoms with van der Waals surface area (Å²) in [5, 5.41) is 0. The highest BCUT2D eigenvalue weighted by Crippen LogP contribution is 2.52. The van der Waals surface area contributed by atoms with Gasteiger partial charge in [-0.15, -0.1) is 0 Å². The van der Waals surface area contributed by atoms with Gasteiger partial charge in [-0.3, -0.25) is 0 Å². The Labute approximate surface area is 105 Å². The molecule has 0 amide bonds. The van der Waals surface area contributed by atoms with Gasteiger partial charge >= 0.3 is 0 Å². The molecule has 0 N–H and O–H groups in total. The van der Waals surface area contributed by atoms with Crippen LogP contribution in [-0.4, -0.2) is 0 Å². The first-order valence-corrected chi connectivity index (χ1v) is 6.65. The summed E-state index contributed by atoms with van der Waals surface area (Å²) in [7, 11) is 0. The molecule has 0 spiro atoms. The Morgan fingerprint density at radius 3 is 2.35 bits per heavy atom. The maximum absolute atomic E-state index is 2.37. The number of rotatable bonds is 0. The van der Waals surface area contributed by atoms with Gasteiger partial charge in [-0.05, 0) is 22.5 Å². The van der Waals surface area contributed by atoms with Crippen molar-refractivity contribution in [1.29, 1.82) is 0 Å². The Morgan fingerprint density at radius 1 is 0.941 bits per heavy atom. The molecule has 0 bridgehead atoms. The molecule has 1 aromatic rings. The van der Waals surface area contributed by atoms with E-state index in [0.29, 0.717) is 11.8 Å². The van der Waals surface area contributed by atoms with Crippen molar-refractivity contribution >= 4 is 0 Å². The standard InChI is InChI=1S/C15H16.C2H6/c1-15(2)13-9-5-3-7-11(13)12-8-4-6-10-14(12)15;1-2/h3-11,13H,1-2H3;1-2H3. The number of hydrogen-bond acceptors (Lipinski definition) is 0. The summed E-state index contributed by atoms with van der Waals surface area (Å²) in [6, 6.07) is 8.88. The van der Waals surface area contributed by atoms with Gasteiger partial charge in [0.25, 0.3) is 0 Å². The SMILES string of the molecule is CC.CC1(C)c2ccccc2C2C=CC=CC21. The summed E-state index contributed by atoms with van der Waals surface area (Å²) in [5.41, 5.74) is 3.33. The lowest BCUT2D eigenvalue weighted by Crippen LogP contribution is -2.24. The predicted octanol–water partition coefficient (Wildman–Crippen LogP) is 4.83. The van der Waals surface area contributed by atoms with E-state index in [1.807, 2.05) is 13.8 Å². The van der Waals surface area contributed by atoms with Gasteiger partial charge in [-0.1, -0.05) is 76.3 Å². The van der Waals surface area contributed by atoms with Crippen LogP contribution in [0.25, 0.3) is 0 Å². The summed E-state index contributed by atoms with van der Waals surface area (Å²) >= 11 is 0. The second-order valence-corrected chi connectivity index (χ2v) is 5.13. The molecule has 0 radical (unpaired) electrons. The first kappa shape index (κ1) is 12.2. The molecular weight excluding hydrogens is 204 g/mol. The van der Waals surface area contributed by atoms with Crippen molar-refractivity contribution in [3.8, 4) is 0 Å². The second kappa shape index (κ2) is 4.52. The van der Waals surface area contributed by atoms with Crippen LogP contribution in [0.2, 0.25) is 0 Å². The lowest BCUT2D eigenvalue weighted by atomic mass is 9.74. The summed E-state index contributed by atoms with van der Waals surface area (Å²) in [4.78, 5) is 0. The van der Waals surface area contributed by atoms with Crippen LogP contribution in [0.4, 0.5) is 0 Å². The van der Waals surface area contributed by atoms with Gasteiger partial charge in [-0.2, -0.15) is 0 Å². The maximum Gasteiger partial charge on any atom is 0.00953 e. The van der Waals surface area contributed by atoms with Gasteiger partial charge < -0.3 is 0 Å². The van der Waals surface area contributed by atoms with Crippen LogP contribution < -0.4 is 0 Å². The molecule has 0 saturated carbocycles. The highest BCUT2D eigenvalue weighted by atomic mass is 14.5. The zero-order valence-corrected chi connectivity index (χ0v) is 11.3. The number of benzene rings is 1. The molecule has 17 heavy (non-hydrogen) atoms. The van der Waals surface area contributed by atoms with E-state index in [-0.39, 0.29) is 5.41 Å². The highest BCUT2D eigenvalue weighted by molar-refractivity contribution is 5.48. The Bertz CT molecular complexity index is 449. The molecule has 0 heteroatoms. The van der Waals surface area contributed by atoms with E-state index in [9.17, 15) is 0 Å². The first-order valence-electron chi connectivity index (χ1n) is 6.65. The molecule has 2 aliphatic carbocycles. The van der Waals surface area contributed by atoms with Crippen molar-refractivity contribution < 1.29 is 0 Å². The van der Waals surface area contributed by atoms with Crippen molar-refractivity contribution in [2.45, 2.75) is 39.0 Å². The smallest absolute Gasteiger partial charge is 0.00953 e. The average molecular weight is 226 g/mol. The van der Waals surface area contributed by atoms with E-state index in [1.165, 1.54) is 11.1 Å². The van der Waals surface area contributed by atoms with Gasteiger partial charge in [0.1, 0.15) is 0 Å². The zero-order chi connectivity index (χ0) is 12.5. The zero-order valence-electron chi connectivity index (χ0n) is 11.3. The van der Waals surface area contributed by atoms with Gasteiger partial charge in [0.2, 0.25) is 0 Å². The van der Waals surface area contributed by atoms with E-state index in [2.05, 4.69) is 62.4 Å². The maximum atomic E-state index is 2.37. The molecule has 0 fully saturated rings. The molecule has 1 aromatic carbocycles. The second-order valence-electron chi connectivity index (χ2n) is 5.13. The van der Waals surface area contributed by atoms with Crippen LogP contribution in [0.1, 0.15) is 44.7 Å². The minimum Gasteiger partial charge on any atom is -0.0796 e. The minimum absolute atomic E-state index is 0.280. The van der Waals surface area contributed by atoms with Crippen molar-refractivity contribution in [2.75, 3.05) is 0 Å². The van der Waals surface area contributed by atoms with E-state index >= 15 is 0 Å². The molecule has 90 valence electrons. The lowest BCUT2D eigenvalue weighted by Gasteiger charge is -2.29. The van der Waals surface area contributed by atoms with Crippen molar-refractivity contribution in [1.82, 2.24) is 0 Å². The first-order chi connectivity index (χ1) is 8.21. The van der Waals surface area contributed by atoms with Crippen LogP contribution in [-0.2, 0) is 5.41 Å². The fourth-order valence-corrected chi connectivity index (χ4v) is 3.15. The normalized spacial score (nSPS) is 26.8. The molecule has 0 aromatic heterocycles. The fourth-order valence-electron chi connectivity index (χ4n) is 3.15. The number of allylic oxidation sites excluding steroid dienone is 4. The van der Waals surface area contributed by atoms with Crippen LogP contribution in [0.5, 0.6) is 0 Å². The Balaban J connectivity index is 0.000000514. The number of fused-ring (bicyclic) bond motifs is 3. The van der Waals surface area contributed by atoms with Crippen molar-refractivity contribution in [3.05, 3.63) is 59.7 Å². The Hall–Kier alpha value is -1.30. The monoisotopic (exact) mass is 226 g/mol. The largest absolute Gasteiger partial charge is 0.0796 e. The molecule has 2 atom stereocenters. The average Bonchev–Trinajstić information content (AvgIpc) is 2.63. The summed E-state index contributed by atoms with van der Waals surface area (Å²) < 4.78 is 0. The molecule has 3 rings (SSSR count). The minimum atomic E-state index is 0.280. The quantitative estimate of drug-likeness (QED) is 0.594. The summed E-state index contributed by atoms with van der Waals surface area (Å²) in [5.74, 6) is 1.24. The van der Waals surface area contributed by atoms with Crippen molar-refractivity contribution in [3.63, 3.8) is 0 Å². The number of hydrogen-bond donors (Lipinski definition) is 0. The third-order valence-electron chi connectivity index (χ3n) is 3.98. The molecule has 0 nitrogen and oxygen atoms in total. The molecule has 2 unspecified atom stereocenters. The van der Waals surface area contributed by atoms with E-state index in [0.717, 1.165) is 0 Å². The van der Waals surface area contributed by atoms with Crippen LogP contribution >= 0.6 is 0 Å². The summed E-state index contributed by atoms with van der Waals surface area (Å²) in [6.07, 6.45) is 9.08.